The van der Waals surface area contributed by atoms with Gasteiger partial charge in [-0.2, -0.15) is 5.26 Å². The highest BCUT2D eigenvalue weighted by molar-refractivity contribution is 5.55. The Bertz CT molecular complexity index is 1080. The van der Waals surface area contributed by atoms with Crippen molar-refractivity contribution in [1.29, 1.82) is 5.26 Å². The first-order valence-corrected chi connectivity index (χ1v) is 8.29. The van der Waals surface area contributed by atoms with Crippen LogP contribution in [0.5, 0.6) is 0 Å². The van der Waals surface area contributed by atoms with Crippen LogP contribution in [0.2, 0.25) is 0 Å². The number of hydrogen-bond donors (Lipinski definition) is 2. The Morgan fingerprint density at radius 1 is 1.18 bits per heavy atom. The predicted molar refractivity (Wildman–Crippen MR) is 99.2 cm³/mol. The topological polar surface area (TPSA) is 90.8 Å². The first kappa shape index (κ1) is 19.2. The molecule has 1 unspecified atom stereocenters. The van der Waals surface area contributed by atoms with Crippen molar-refractivity contribution >= 4 is 11.6 Å². The van der Waals surface area contributed by atoms with Crippen LogP contribution in [0.4, 0.5) is 20.4 Å². The normalized spacial score (nSPS) is 11.7. The van der Waals surface area contributed by atoms with Crippen LogP contribution < -0.4 is 10.9 Å². The summed E-state index contributed by atoms with van der Waals surface area (Å²) in [5, 5.41) is 11.8. The van der Waals surface area contributed by atoms with E-state index in [4.69, 9.17) is 10.00 Å². The van der Waals surface area contributed by atoms with E-state index in [1.807, 2.05) is 6.07 Å². The fourth-order valence-corrected chi connectivity index (χ4v) is 2.76. The Balaban J connectivity index is 2.05. The zero-order valence-electron chi connectivity index (χ0n) is 15.1. The third-order valence-corrected chi connectivity index (χ3v) is 4.21. The molecule has 2 N–H and O–H groups in total. The minimum atomic E-state index is -1.20. The number of hydrogen-bond acceptors (Lipinski definition) is 5. The lowest BCUT2D eigenvalue weighted by atomic mass is 10.0. The number of aromatic nitrogens is 2. The van der Waals surface area contributed by atoms with Crippen molar-refractivity contribution in [3.63, 3.8) is 0 Å². The van der Waals surface area contributed by atoms with E-state index in [-0.39, 0.29) is 22.8 Å². The van der Waals surface area contributed by atoms with Gasteiger partial charge in [0, 0.05) is 18.4 Å². The summed E-state index contributed by atoms with van der Waals surface area (Å²) in [6, 6.07) is 12.0. The average Bonchev–Trinajstić information content (AvgIpc) is 2.68. The molecule has 0 aliphatic carbocycles. The molecule has 1 atom stereocenters. The second kappa shape index (κ2) is 7.98. The molecule has 0 amide bonds. The van der Waals surface area contributed by atoms with Gasteiger partial charge < -0.3 is 10.1 Å². The van der Waals surface area contributed by atoms with Gasteiger partial charge >= 0.3 is 0 Å². The van der Waals surface area contributed by atoms with Gasteiger partial charge in [0.25, 0.3) is 5.56 Å². The Hall–Kier alpha value is -3.57. The van der Waals surface area contributed by atoms with E-state index >= 15 is 0 Å². The van der Waals surface area contributed by atoms with Crippen molar-refractivity contribution in [3.8, 4) is 6.07 Å². The molecule has 3 aromatic rings. The number of nitrogens with one attached hydrogen (secondary N) is 2. The second-order valence-corrected chi connectivity index (χ2v) is 5.99. The third-order valence-electron chi connectivity index (χ3n) is 4.21. The maximum absolute atomic E-state index is 14.2. The maximum Gasteiger partial charge on any atom is 0.255 e. The molecular weight excluding hydrogens is 366 g/mol. The Labute approximate surface area is 159 Å². The van der Waals surface area contributed by atoms with E-state index in [1.54, 1.807) is 24.3 Å². The highest BCUT2D eigenvalue weighted by Crippen LogP contribution is 2.30. The van der Waals surface area contributed by atoms with Crippen LogP contribution in [0, 0.1) is 29.9 Å². The highest BCUT2D eigenvalue weighted by Gasteiger charge is 2.26. The lowest BCUT2D eigenvalue weighted by Crippen LogP contribution is -2.21. The number of nitrogens with zero attached hydrogens (tertiary/aromatic N) is 2. The largest absolute Gasteiger partial charge is 0.370 e. The van der Waals surface area contributed by atoms with E-state index in [9.17, 15) is 13.6 Å². The summed E-state index contributed by atoms with van der Waals surface area (Å²) in [5.41, 5.74) is 0.524. The number of rotatable bonds is 5. The zero-order valence-corrected chi connectivity index (χ0v) is 15.1. The van der Waals surface area contributed by atoms with Gasteiger partial charge in [-0.15, -0.1) is 0 Å². The number of ether oxygens (including phenoxy) is 1. The quantitative estimate of drug-likeness (QED) is 0.702. The molecule has 1 aromatic heterocycles. The zero-order chi connectivity index (χ0) is 20.3. The summed E-state index contributed by atoms with van der Waals surface area (Å²) in [6.45, 7) is 1.50. The number of benzene rings is 2. The molecule has 6 nitrogen and oxygen atoms in total. The summed E-state index contributed by atoms with van der Waals surface area (Å²) in [4.78, 5) is 19.2. The van der Waals surface area contributed by atoms with Crippen LogP contribution in [-0.2, 0) is 4.74 Å². The van der Waals surface area contributed by atoms with Crippen LogP contribution in [0.25, 0.3) is 0 Å². The fraction of sp³-hybridized carbons (Fsp3) is 0.150. The predicted octanol–water partition coefficient (Wildman–Crippen LogP) is 3.71. The van der Waals surface area contributed by atoms with Crippen LogP contribution in [0.1, 0.15) is 28.5 Å². The van der Waals surface area contributed by atoms with Crippen molar-refractivity contribution in [1.82, 2.24) is 9.97 Å². The first-order chi connectivity index (χ1) is 13.4. The number of anilines is 2. The van der Waals surface area contributed by atoms with E-state index in [0.29, 0.717) is 11.3 Å². The standard InChI is InChI=1S/C20H16F2N4O2/c1-11-17(18(28-2)16-14(21)4-3-5-15(16)22)25-20(26-19(11)27)24-13-8-6-12(10-23)7-9-13/h3-9,18H,1-2H3,(H2,24,25,26,27). The lowest BCUT2D eigenvalue weighted by molar-refractivity contribution is 0.125. The van der Waals surface area contributed by atoms with Gasteiger partial charge in [-0.05, 0) is 43.3 Å². The Kier molecular flexibility index (Phi) is 5.47. The van der Waals surface area contributed by atoms with Crippen molar-refractivity contribution in [3.05, 3.63) is 86.8 Å². The van der Waals surface area contributed by atoms with Gasteiger partial charge in [0.15, 0.2) is 0 Å². The molecule has 2 aromatic carbocycles. The molecule has 8 heteroatoms. The maximum atomic E-state index is 14.2. The Morgan fingerprint density at radius 2 is 1.82 bits per heavy atom. The van der Waals surface area contributed by atoms with Gasteiger partial charge in [-0.25, -0.2) is 13.8 Å². The SMILES string of the molecule is COC(c1nc(Nc2ccc(C#N)cc2)[nH]c(=O)c1C)c1c(F)cccc1F. The molecular formula is C20H16F2N4O2. The molecule has 0 aliphatic rings. The van der Waals surface area contributed by atoms with Crippen molar-refractivity contribution in [2.45, 2.75) is 13.0 Å². The lowest BCUT2D eigenvalue weighted by Gasteiger charge is -2.19. The monoisotopic (exact) mass is 382 g/mol. The minimum absolute atomic E-state index is 0.0779. The van der Waals surface area contributed by atoms with Gasteiger partial charge in [0.2, 0.25) is 5.95 Å². The van der Waals surface area contributed by atoms with E-state index in [1.165, 1.54) is 20.1 Å². The summed E-state index contributed by atoms with van der Waals surface area (Å²) < 4.78 is 33.8. The molecule has 0 saturated heterocycles. The molecule has 0 radical (unpaired) electrons. The fourth-order valence-electron chi connectivity index (χ4n) is 2.76. The van der Waals surface area contributed by atoms with Crippen LogP contribution >= 0.6 is 0 Å². The van der Waals surface area contributed by atoms with Crippen LogP contribution in [-0.4, -0.2) is 17.1 Å². The molecule has 28 heavy (non-hydrogen) atoms. The molecule has 0 fully saturated rings. The van der Waals surface area contributed by atoms with Crippen LogP contribution in [0.3, 0.4) is 0 Å². The van der Waals surface area contributed by atoms with Crippen molar-refractivity contribution < 1.29 is 13.5 Å². The van der Waals surface area contributed by atoms with Gasteiger partial charge in [0.05, 0.1) is 22.9 Å². The molecule has 0 bridgehead atoms. The summed E-state index contributed by atoms with van der Waals surface area (Å²) >= 11 is 0. The molecule has 142 valence electrons. The van der Waals surface area contributed by atoms with Gasteiger partial charge in [0.1, 0.15) is 17.7 Å². The molecule has 0 spiro atoms. The molecule has 0 aliphatic heterocycles. The minimum Gasteiger partial charge on any atom is -0.370 e. The molecule has 3 rings (SSSR count). The number of H-pyrrole nitrogens is 1. The van der Waals surface area contributed by atoms with Gasteiger partial charge in [-0.3, -0.25) is 9.78 Å². The molecule has 1 heterocycles. The third kappa shape index (κ3) is 3.75. The Morgan fingerprint density at radius 3 is 2.39 bits per heavy atom. The van der Waals surface area contributed by atoms with Crippen molar-refractivity contribution in [2.75, 3.05) is 12.4 Å². The number of aromatic amines is 1. The second-order valence-electron chi connectivity index (χ2n) is 5.99. The van der Waals surface area contributed by atoms with E-state index < -0.39 is 23.3 Å². The van der Waals surface area contributed by atoms with Crippen molar-refractivity contribution in [2.24, 2.45) is 0 Å². The van der Waals surface area contributed by atoms with E-state index in [2.05, 4.69) is 15.3 Å². The van der Waals surface area contributed by atoms with Crippen LogP contribution in [0.15, 0.2) is 47.3 Å². The average molecular weight is 382 g/mol. The van der Waals surface area contributed by atoms with E-state index in [0.717, 1.165) is 12.1 Å². The number of halogens is 2. The number of methoxy groups -OCH3 is 1. The summed E-state index contributed by atoms with van der Waals surface area (Å²) in [6.07, 6.45) is -1.20. The smallest absolute Gasteiger partial charge is 0.255 e. The molecule has 0 saturated carbocycles. The summed E-state index contributed by atoms with van der Waals surface area (Å²) in [7, 11) is 1.28. The highest BCUT2D eigenvalue weighted by atomic mass is 19.1. The van der Waals surface area contributed by atoms with Gasteiger partial charge in [-0.1, -0.05) is 6.07 Å². The first-order valence-electron chi connectivity index (χ1n) is 8.29. The number of nitriles is 1. The summed E-state index contributed by atoms with van der Waals surface area (Å²) in [5.74, 6) is -1.51.